The highest BCUT2D eigenvalue weighted by atomic mass is 16.5. The predicted octanol–water partition coefficient (Wildman–Crippen LogP) is 2.25. The van der Waals surface area contributed by atoms with Crippen LogP contribution in [0.1, 0.15) is 52.9 Å². The second-order valence-corrected chi connectivity index (χ2v) is 10.4. The summed E-state index contributed by atoms with van der Waals surface area (Å²) in [6.45, 7) is 3.67. The first-order chi connectivity index (χ1) is 17.5. The Hall–Kier alpha value is -3.72. The number of ether oxygens (including phenoxy) is 1. The fourth-order valence-electron chi connectivity index (χ4n) is 6.39. The Morgan fingerprint density at radius 3 is 2.75 bits per heavy atom. The molecule has 36 heavy (non-hydrogen) atoms. The first-order valence-electron chi connectivity index (χ1n) is 12.6. The van der Waals surface area contributed by atoms with Crippen molar-refractivity contribution in [3.63, 3.8) is 0 Å². The normalized spacial score (nSPS) is 23.2. The maximum Gasteiger partial charge on any atom is 0.255 e. The Morgan fingerprint density at radius 1 is 1.08 bits per heavy atom. The van der Waals surface area contributed by atoms with Gasteiger partial charge in [0.05, 0.1) is 24.4 Å². The molecule has 0 radical (unpaired) electrons. The zero-order valence-electron chi connectivity index (χ0n) is 19.9. The molecule has 2 fully saturated rings. The molecular weight excluding hydrogens is 458 g/mol. The van der Waals surface area contributed by atoms with Gasteiger partial charge >= 0.3 is 0 Å². The molecule has 3 aromatic rings. The fraction of sp³-hybridized carbons (Fsp3) is 0.407. The SMILES string of the molecule is O=C1CCC(N2Cc3c(ccc4c3OCC43CCN(Cc4n[nH]c5ccccc45)CC3)C2=O)C(=O)N1. The third-order valence-corrected chi connectivity index (χ3v) is 8.47. The van der Waals surface area contributed by atoms with E-state index in [1.165, 1.54) is 10.9 Å². The number of aromatic nitrogens is 2. The Labute approximate surface area is 207 Å². The molecule has 3 amide bonds. The van der Waals surface area contributed by atoms with E-state index in [2.05, 4.69) is 32.5 Å². The molecule has 5 heterocycles. The lowest BCUT2D eigenvalue weighted by atomic mass is 9.74. The molecule has 1 unspecified atom stereocenters. The second kappa shape index (κ2) is 7.89. The van der Waals surface area contributed by atoms with Crippen molar-refractivity contribution in [1.29, 1.82) is 0 Å². The number of imide groups is 1. The van der Waals surface area contributed by atoms with E-state index < -0.39 is 11.9 Å². The number of H-pyrrole nitrogens is 1. The third-order valence-electron chi connectivity index (χ3n) is 8.47. The highest BCUT2D eigenvalue weighted by molar-refractivity contribution is 6.05. The molecule has 2 aromatic carbocycles. The van der Waals surface area contributed by atoms with Crippen LogP contribution >= 0.6 is 0 Å². The zero-order valence-corrected chi connectivity index (χ0v) is 19.9. The first-order valence-corrected chi connectivity index (χ1v) is 12.6. The summed E-state index contributed by atoms with van der Waals surface area (Å²) in [6.07, 6.45) is 2.56. The van der Waals surface area contributed by atoms with Crippen molar-refractivity contribution in [2.24, 2.45) is 0 Å². The van der Waals surface area contributed by atoms with E-state index in [-0.39, 0.29) is 23.7 Å². The molecule has 1 spiro atoms. The number of hydrogen-bond donors (Lipinski definition) is 2. The van der Waals surface area contributed by atoms with Gasteiger partial charge in [0.2, 0.25) is 11.8 Å². The number of amides is 3. The van der Waals surface area contributed by atoms with Crippen molar-refractivity contribution < 1.29 is 19.1 Å². The molecule has 9 nitrogen and oxygen atoms in total. The average molecular weight is 486 g/mol. The number of carbonyl (C=O) groups is 3. The molecular formula is C27H27N5O4. The first kappa shape index (κ1) is 21.6. The number of nitrogens with zero attached hydrogens (tertiary/aromatic N) is 3. The highest BCUT2D eigenvalue weighted by Crippen LogP contribution is 2.49. The van der Waals surface area contributed by atoms with Gasteiger partial charge in [-0.3, -0.25) is 29.7 Å². The summed E-state index contributed by atoms with van der Waals surface area (Å²) >= 11 is 0. The van der Waals surface area contributed by atoms with Crippen molar-refractivity contribution in [3.8, 4) is 5.75 Å². The molecule has 9 heteroatoms. The molecule has 184 valence electrons. The van der Waals surface area contributed by atoms with Crippen LogP contribution in [-0.2, 0) is 28.1 Å². The number of fused-ring (bicyclic) bond motifs is 5. The van der Waals surface area contributed by atoms with E-state index in [1.54, 1.807) is 4.90 Å². The Bertz CT molecular complexity index is 1420. The van der Waals surface area contributed by atoms with Crippen molar-refractivity contribution >= 4 is 28.6 Å². The summed E-state index contributed by atoms with van der Waals surface area (Å²) in [7, 11) is 0. The zero-order chi connectivity index (χ0) is 24.4. The Kier molecular flexibility index (Phi) is 4.73. The molecule has 0 bridgehead atoms. The predicted molar refractivity (Wildman–Crippen MR) is 130 cm³/mol. The van der Waals surface area contributed by atoms with E-state index in [1.807, 2.05) is 24.3 Å². The molecule has 7 rings (SSSR count). The summed E-state index contributed by atoms with van der Waals surface area (Å²) in [5, 5.41) is 11.2. The van der Waals surface area contributed by atoms with Crippen LogP contribution in [0.25, 0.3) is 10.9 Å². The van der Waals surface area contributed by atoms with E-state index >= 15 is 0 Å². The summed E-state index contributed by atoms with van der Waals surface area (Å²) in [5.74, 6) is -0.00724. The topological polar surface area (TPSA) is 108 Å². The number of hydrogen-bond acceptors (Lipinski definition) is 6. The number of benzene rings is 2. The van der Waals surface area contributed by atoms with Gasteiger partial charge in [-0.15, -0.1) is 0 Å². The van der Waals surface area contributed by atoms with Crippen molar-refractivity contribution in [3.05, 3.63) is 58.8 Å². The summed E-state index contributed by atoms with van der Waals surface area (Å²) in [6, 6.07) is 11.6. The van der Waals surface area contributed by atoms with Crippen LogP contribution in [0.15, 0.2) is 36.4 Å². The minimum Gasteiger partial charge on any atom is -0.492 e. The Balaban J connectivity index is 1.09. The molecule has 4 aliphatic rings. The lowest BCUT2D eigenvalue weighted by molar-refractivity contribution is -0.136. The molecule has 2 N–H and O–H groups in total. The molecule has 0 aliphatic carbocycles. The largest absolute Gasteiger partial charge is 0.492 e. The van der Waals surface area contributed by atoms with E-state index in [9.17, 15) is 14.4 Å². The molecule has 0 saturated carbocycles. The second-order valence-electron chi connectivity index (χ2n) is 10.4. The summed E-state index contributed by atoms with van der Waals surface area (Å²) < 4.78 is 6.29. The number of aromatic amines is 1. The Morgan fingerprint density at radius 2 is 1.92 bits per heavy atom. The van der Waals surface area contributed by atoms with Crippen LogP contribution in [0.3, 0.4) is 0 Å². The average Bonchev–Trinajstić information content (AvgIpc) is 3.56. The molecule has 1 aromatic heterocycles. The quantitative estimate of drug-likeness (QED) is 0.551. The maximum absolute atomic E-state index is 13.2. The molecule has 1 atom stereocenters. The third kappa shape index (κ3) is 3.19. The van der Waals surface area contributed by atoms with Gasteiger partial charge in [-0.05, 0) is 44.5 Å². The van der Waals surface area contributed by atoms with Crippen LogP contribution in [0.4, 0.5) is 0 Å². The summed E-state index contributed by atoms with van der Waals surface area (Å²) in [4.78, 5) is 41.2. The number of nitrogens with one attached hydrogen (secondary N) is 2. The van der Waals surface area contributed by atoms with E-state index in [4.69, 9.17) is 4.74 Å². The lowest BCUT2D eigenvalue weighted by Crippen LogP contribution is -2.52. The smallest absolute Gasteiger partial charge is 0.255 e. The van der Waals surface area contributed by atoms with Gasteiger partial charge in [-0.2, -0.15) is 5.10 Å². The molecule has 2 saturated heterocycles. The van der Waals surface area contributed by atoms with Gasteiger partial charge in [0.25, 0.3) is 5.91 Å². The van der Waals surface area contributed by atoms with Gasteiger partial charge in [0.15, 0.2) is 0 Å². The van der Waals surface area contributed by atoms with Gasteiger partial charge in [-0.25, -0.2) is 0 Å². The van der Waals surface area contributed by atoms with Crippen LogP contribution in [0.5, 0.6) is 5.75 Å². The highest BCUT2D eigenvalue weighted by Gasteiger charge is 2.47. The number of piperidine rings is 2. The monoisotopic (exact) mass is 485 g/mol. The standard InChI is InChI=1S/C27H27N5O4/c33-23-8-7-22(25(34)28-23)32-13-18-16(26(32)35)5-6-19-24(18)36-15-27(19)9-11-31(12-10-27)14-21-17-3-1-2-4-20(17)29-30-21/h1-6,22H,7-15H2,(H,29,30)(H,28,33,34). The maximum atomic E-state index is 13.2. The van der Waals surface area contributed by atoms with Gasteiger partial charge in [0, 0.05) is 40.5 Å². The number of carbonyl (C=O) groups excluding carboxylic acids is 3. The van der Waals surface area contributed by atoms with Gasteiger partial charge in [0.1, 0.15) is 11.8 Å². The van der Waals surface area contributed by atoms with Crippen molar-refractivity contribution in [1.82, 2.24) is 25.3 Å². The fourth-order valence-corrected chi connectivity index (χ4v) is 6.39. The van der Waals surface area contributed by atoms with Crippen LogP contribution in [0, 0.1) is 0 Å². The van der Waals surface area contributed by atoms with Crippen molar-refractivity contribution in [2.75, 3.05) is 19.7 Å². The number of likely N-dealkylation sites (tertiary alicyclic amines) is 1. The lowest BCUT2D eigenvalue weighted by Gasteiger charge is -2.38. The number of para-hydroxylation sites is 1. The van der Waals surface area contributed by atoms with E-state index in [0.717, 1.165) is 55.0 Å². The van der Waals surface area contributed by atoms with Crippen molar-refractivity contribution in [2.45, 2.75) is 50.2 Å². The minimum absolute atomic E-state index is 0.0559. The molecule has 4 aliphatic heterocycles. The van der Waals surface area contributed by atoms with Crippen LogP contribution in [-0.4, -0.2) is 63.5 Å². The minimum atomic E-state index is -0.616. The number of rotatable bonds is 3. The summed E-state index contributed by atoms with van der Waals surface area (Å²) in [5.41, 5.74) is 4.76. The van der Waals surface area contributed by atoms with Crippen LogP contribution in [0.2, 0.25) is 0 Å². The van der Waals surface area contributed by atoms with E-state index in [0.29, 0.717) is 25.1 Å². The van der Waals surface area contributed by atoms with Gasteiger partial charge in [-0.1, -0.05) is 24.3 Å². The van der Waals surface area contributed by atoms with Gasteiger partial charge < -0.3 is 9.64 Å². The van der Waals surface area contributed by atoms with Crippen LogP contribution < -0.4 is 10.1 Å².